The molecule has 2 atom stereocenters. The summed E-state index contributed by atoms with van der Waals surface area (Å²) < 4.78 is 2.36. The minimum atomic E-state index is -0.0644. The number of aliphatic hydroxyl groups is 1. The topological polar surface area (TPSA) is 37.2 Å². The first-order valence-corrected chi connectivity index (χ1v) is 8.18. The van der Waals surface area contributed by atoms with Crippen LogP contribution in [0.15, 0.2) is 18.3 Å². The predicted octanol–water partition coefficient (Wildman–Crippen LogP) is 3.17. The van der Waals surface area contributed by atoms with Crippen LogP contribution in [-0.4, -0.2) is 22.3 Å². The van der Waals surface area contributed by atoms with Crippen molar-refractivity contribution in [3.63, 3.8) is 0 Å². The molecule has 1 heterocycles. The normalized spacial score (nSPS) is 23.4. The third-order valence-corrected chi connectivity index (χ3v) is 4.37. The fourth-order valence-electron chi connectivity index (χ4n) is 3.08. The highest BCUT2D eigenvalue weighted by Crippen LogP contribution is 2.23. The molecule has 1 fully saturated rings. The van der Waals surface area contributed by atoms with Crippen molar-refractivity contribution in [2.24, 2.45) is 11.8 Å². The van der Waals surface area contributed by atoms with E-state index in [1.165, 1.54) is 25.0 Å². The molecule has 0 spiro atoms. The Hall–Kier alpha value is -0.800. The predicted molar refractivity (Wildman–Crippen MR) is 83.6 cm³/mol. The van der Waals surface area contributed by atoms with E-state index in [2.05, 4.69) is 42.1 Å². The molecule has 2 rings (SSSR count). The van der Waals surface area contributed by atoms with Gasteiger partial charge in [-0.15, -0.1) is 0 Å². The summed E-state index contributed by atoms with van der Waals surface area (Å²) in [4.78, 5) is 0. The van der Waals surface area contributed by atoms with Crippen LogP contribution in [-0.2, 0) is 13.1 Å². The SMILES string of the molecule is CC(C)CCn1cccc1CNCC1CCCC(O)C1. The minimum absolute atomic E-state index is 0.0644. The number of nitrogens with zero attached hydrogens (tertiary/aromatic N) is 1. The fourth-order valence-corrected chi connectivity index (χ4v) is 3.08. The monoisotopic (exact) mass is 278 g/mol. The zero-order valence-corrected chi connectivity index (χ0v) is 13.0. The molecule has 1 saturated carbocycles. The van der Waals surface area contributed by atoms with Crippen molar-refractivity contribution in [2.45, 2.75) is 65.1 Å². The van der Waals surface area contributed by atoms with Crippen LogP contribution in [0.4, 0.5) is 0 Å². The Labute approximate surface area is 123 Å². The fraction of sp³-hybridized carbons (Fsp3) is 0.765. The molecular formula is C17H30N2O. The highest BCUT2D eigenvalue weighted by atomic mass is 16.3. The molecule has 0 amide bonds. The van der Waals surface area contributed by atoms with Gasteiger partial charge in [-0.05, 0) is 56.2 Å². The smallest absolute Gasteiger partial charge is 0.0543 e. The van der Waals surface area contributed by atoms with Gasteiger partial charge in [-0.3, -0.25) is 0 Å². The molecule has 1 aromatic heterocycles. The highest BCUT2D eigenvalue weighted by Gasteiger charge is 2.19. The molecular weight excluding hydrogens is 248 g/mol. The Bertz CT molecular complexity index is 386. The Balaban J connectivity index is 1.72. The molecule has 2 N–H and O–H groups in total. The first-order chi connectivity index (χ1) is 9.65. The van der Waals surface area contributed by atoms with Gasteiger partial charge >= 0.3 is 0 Å². The summed E-state index contributed by atoms with van der Waals surface area (Å²) in [6, 6.07) is 4.35. The average molecular weight is 278 g/mol. The van der Waals surface area contributed by atoms with Gasteiger partial charge in [0.15, 0.2) is 0 Å². The maximum atomic E-state index is 9.70. The van der Waals surface area contributed by atoms with E-state index >= 15 is 0 Å². The largest absolute Gasteiger partial charge is 0.393 e. The average Bonchev–Trinajstić information content (AvgIpc) is 2.84. The summed E-state index contributed by atoms with van der Waals surface area (Å²) in [5.41, 5.74) is 1.38. The maximum absolute atomic E-state index is 9.70. The van der Waals surface area contributed by atoms with Gasteiger partial charge in [0.2, 0.25) is 0 Å². The van der Waals surface area contributed by atoms with Gasteiger partial charge in [-0.1, -0.05) is 20.3 Å². The van der Waals surface area contributed by atoms with Gasteiger partial charge in [0.25, 0.3) is 0 Å². The van der Waals surface area contributed by atoms with Crippen LogP contribution in [0, 0.1) is 11.8 Å². The summed E-state index contributed by atoms with van der Waals surface area (Å²) in [5, 5.41) is 13.3. The molecule has 3 nitrogen and oxygen atoms in total. The number of aromatic nitrogens is 1. The molecule has 3 heteroatoms. The standard InChI is InChI=1S/C17H30N2O/c1-14(2)8-10-19-9-4-6-16(19)13-18-12-15-5-3-7-17(20)11-15/h4,6,9,14-15,17-18,20H,3,5,7-8,10-13H2,1-2H3. The Kier molecular flexibility index (Phi) is 6.11. The summed E-state index contributed by atoms with van der Waals surface area (Å²) in [7, 11) is 0. The van der Waals surface area contributed by atoms with Crippen molar-refractivity contribution >= 4 is 0 Å². The van der Waals surface area contributed by atoms with Crippen LogP contribution in [0.3, 0.4) is 0 Å². The summed E-state index contributed by atoms with van der Waals surface area (Å²) in [6.45, 7) is 7.64. The van der Waals surface area contributed by atoms with Gasteiger partial charge in [-0.25, -0.2) is 0 Å². The lowest BCUT2D eigenvalue weighted by Gasteiger charge is -2.26. The second-order valence-corrected chi connectivity index (χ2v) is 6.69. The third-order valence-electron chi connectivity index (χ3n) is 4.37. The van der Waals surface area contributed by atoms with Gasteiger partial charge in [0.05, 0.1) is 6.10 Å². The quantitative estimate of drug-likeness (QED) is 0.804. The van der Waals surface area contributed by atoms with Crippen LogP contribution in [0.2, 0.25) is 0 Å². The Morgan fingerprint density at radius 1 is 1.40 bits per heavy atom. The lowest BCUT2D eigenvalue weighted by molar-refractivity contribution is 0.100. The van der Waals surface area contributed by atoms with Gasteiger partial charge in [-0.2, -0.15) is 0 Å². The molecule has 2 unspecified atom stereocenters. The van der Waals surface area contributed by atoms with Crippen molar-refractivity contribution < 1.29 is 5.11 Å². The molecule has 114 valence electrons. The lowest BCUT2D eigenvalue weighted by Crippen LogP contribution is -2.29. The van der Waals surface area contributed by atoms with Crippen molar-refractivity contribution in [1.82, 2.24) is 9.88 Å². The van der Waals surface area contributed by atoms with Crippen molar-refractivity contribution in [3.05, 3.63) is 24.0 Å². The molecule has 20 heavy (non-hydrogen) atoms. The summed E-state index contributed by atoms with van der Waals surface area (Å²) >= 11 is 0. The van der Waals surface area contributed by atoms with Crippen LogP contribution in [0.25, 0.3) is 0 Å². The van der Waals surface area contributed by atoms with E-state index in [4.69, 9.17) is 0 Å². The summed E-state index contributed by atoms with van der Waals surface area (Å²) in [6.07, 6.45) is 7.76. The Morgan fingerprint density at radius 3 is 3.00 bits per heavy atom. The molecule has 0 bridgehead atoms. The van der Waals surface area contributed by atoms with Crippen LogP contribution in [0.1, 0.15) is 51.6 Å². The Morgan fingerprint density at radius 2 is 2.25 bits per heavy atom. The van der Waals surface area contributed by atoms with E-state index < -0.39 is 0 Å². The van der Waals surface area contributed by atoms with Crippen LogP contribution in [0.5, 0.6) is 0 Å². The molecule has 0 aromatic carbocycles. The zero-order valence-electron chi connectivity index (χ0n) is 13.0. The van der Waals surface area contributed by atoms with E-state index in [9.17, 15) is 5.11 Å². The van der Waals surface area contributed by atoms with E-state index in [0.29, 0.717) is 5.92 Å². The molecule has 0 aliphatic heterocycles. The number of aliphatic hydroxyl groups excluding tert-OH is 1. The first kappa shape index (κ1) is 15.6. The van der Waals surface area contributed by atoms with Crippen molar-refractivity contribution in [2.75, 3.05) is 6.54 Å². The number of hydrogen-bond donors (Lipinski definition) is 2. The number of rotatable bonds is 7. The number of aryl methyl sites for hydroxylation is 1. The molecule has 0 radical (unpaired) electrons. The highest BCUT2D eigenvalue weighted by molar-refractivity contribution is 5.06. The minimum Gasteiger partial charge on any atom is -0.393 e. The van der Waals surface area contributed by atoms with Crippen molar-refractivity contribution in [1.29, 1.82) is 0 Å². The third kappa shape index (κ3) is 4.95. The summed E-state index contributed by atoms with van der Waals surface area (Å²) in [5.74, 6) is 1.40. The number of nitrogens with one attached hydrogen (secondary N) is 1. The van der Waals surface area contributed by atoms with E-state index in [1.807, 2.05) is 0 Å². The first-order valence-electron chi connectivity index (χ1n) is 8.18. The van der Waals surface area contributed by atoms with Crippen LogP contribution >= 0.6 is 0 Å². The van der Waals surface area contributed by atoms with Gasteiger partial charge in [0.1, 0.15) is 0 Å². The molecule has 1 aliphatic rings. The van der Waals surface area contributed by atoms with E-state index in [1.54, 1.807) is 0 Å². The van der Waals surface area contributed by atoms with Gasteiger partial charge < -0.3 is 15.0 Å². The number of hydrogen-bond acceptors (Lipinski definition) is 2. The van der Waals surface area contributed by atoms with Crippen molar-refractivity contribution in [3.8, 4) is 0 Å². The molecule has 1 aliphatic carbocycles. The molecule has 1 aromatic rings. The van der Waals surface area contributed by atoms with Crippen LogP contribution < -0.4 is 5.32 Å². The molecule has 0 saturated heterocycles. The van der Waals surface area contributed by atoms with Gasteiger partial charge in [0, 0.05) is 25.0 Å². The second-order valence-electron chi connectivity index (χ2n) is 6.69. The maximum Gasteiger partial charge on any atom is 0.0543 e. The zero-order chi connectivity index (χ0) is 14.4. The lowest BCUT2D eigenvalue weighted by atomic mass is 9.87. The second kappa shape index (κ2) is 7.84. The van der Waals surface area contributed by atoms with E-state index in [0.717, 1.165) is 38.4 Å². The van der Waals surface area contributed by atoms with E-state index in [-0.39, 0.29) is 6.10 Å².